The molecule has 1 N–H and O–H groups in total. The molecule has 1 aromatic carbocycles. The first-order valence-corrected chi connectivity index (χ1v) is 6.75. The summed E-state index contributed by atoms with van der Waals surface area (Å²) in [6.07, 6.45) is 1.35. The van der Waals surface area contributed by atoms with Crippen molar-refractivity contribution in [3.8, 4) is 0 Å². The molecule has 0 bridgehead atoms. The van der Waals surface area contributed by atoms with Crippen LogP contribution in [0.5, 0.6) is 0 Å². The van der Waals surface area contributed by atoms with Gasteiger partial charge in [0.25, 0.3) is 5.69 Å². The van der Waals surface area contributed by atoms with Gasteiger partial charge in [-0.3, -0.25) is 20.3 Å². The normalized spacial score (nSPS) is 11.9. The summed E-state index contributed by atoms with van der Waals surface area (Å²) in [6, 6.07) is 5.70. The minimum absolute atomic E-state index is 0.0206. The van der Waals surface area contributed by atoms with Crippen LogP contribution in [0.15, 0.2) is 29.4 Å². The van der Waals surface area contributed by atoms with Crippen molar-refractivity contribution in [2.24, 2.45) is 10.5 Å². The number of aldehydes is 1. The number of non-ortho nitro benzene ring substituents is 1. The first kappa shape index (κ1) is 17.5. The van der Waals surface area contributed by atoms with Crippen LogP contribution in [0.3, 0.4) is 0 Å². The molecule has 0 heterocycles. The van der Waals surface area contributed by atoms with Gasteiger partial charge in [-0.15, -0.1) is 0 Å². The zero-order valence-electron chi connectivity index (χ0n) is 12.8. The van der Waals surface area contributed by atoms with Crippen LogP contribution in [-0.4, -0.2) is 22.7 Å². The van der Waals surface area contributed by atoms with Gasteiger partial charge in [-0.25, -0.2) is 0 Å². The fourth-order valence-electron chi connectivity index (χ4n) is 2.13. The summed E-state index contributed by atoms with van der Waals surface area (Å²) >= 11 is 0. The van der Waals surface area contributed by atoms with Crippen LogP contribution in [0.4, 0.5) is 11.4 Å². The molecule has 0 aliphatic carbocycles. The third-order valence-corrected chi connectivity index (χ3v) is 2.93. The number of Topliss-reactive ketones (excluding diaryl/α,β-unsaturated/α-hetero) is 1. The number of nitrogens with zero attached hydrogens (tertiary/aromatic N) is 2. The second-order valence-electron chi connectivity index (χ2n) is 5.86. The minimum atomic E-state index is -0.492. The average molecular weight is 305 g/mol. The van der Waals surface area contributed by atoms with Crippen LogP contribution >= 0.6 is 0 Å². The smallest absolute Gasteiger partial charge is 0.269 e. The highest BCUT2D eigenvalue weighted by atomic mass is 16.6. The number of benzene rings is 1. The maximum absolute atomic E-state index is 11.2. The van der Waals surface area contributed by atoms with E-state index in [9.17, 15) is 19.7 Å². The summed E-state index contributed by atoms with van der Waals surface area (Å²) in [5.74, 6) is 0.0542. The number of hydrogen-bond donors (Lipinski definition) is 1. The van der Waals surface area contributed by atoms with Crippen molar-refractivity contribution in [3.63, 3.8) is 0 Å². The SMILES string of the molecule is CC(=O)CC(C)(C)C/C(C=O)=N/Nc1ccc([N+](=O)[O-])cc1. The van der Waals surface area contributed by atoms with Gasteiger partial charge in [0, 0.05) is 25.0 Å². The number of hydrogen-bond acceptors (Lipinski definition) is 6. The van der Waals surface area contributed by atoms with Crippen LogP contribution in [0.25, 0.3) is 0 Å². The summed E-state index contributed by atoms with van der Waals surface area (Å²) in [7, 11) is 0. The molecule has 0 spiro atoms. The van der Waals surface area contributed by atoms with Gasteiger partial charge in [-0.1, -0.05) is 13.8 Å². The highest BCUT2D eigenvalue weighted by Gasteiger charge is 2.22. The molecule has 0 radical (unpaired) electrons. The van der Waals surface area contributed by atoms with Crippen molar-refractivity contribution in [3.05, 3.63) is 34.4 Å². The van der Waals surface area contributed by atoms with Gasteiger partial charge < -0.3 is 4.79 Å². The van der Waals surface area contributed by atoms with Gasteiger partial charge in [0.1, 0.15) is 11.5 Å². The fourth-order valence-corrected chi connectivity index (χ4v) is 2.13. The molecular weight excluding hydrogens is 286 g/mol. The Balaban J connectivity index is 2.74. The fraction of sp³-hybridized carbons (Fsp3) is 0.400. The number of ketones is 1. The monoisotopic (exact) mass is 305 g/mol. The quantitative estimate of drug-likeness (QED) is 0.344. The summed E-state index contributed by atoms with van der Waals surface area (Å²) in [5.41, 5.74) is 3.13. The molecule has 1 aromatic rings. The van der Waals surface area contributed by atoms with E-state index in [1.807, 2.05) is 13.8 Å². The van der Waals surface area contributed by atoms with Gasteiger partial charge in [0.15, 0.2) is 6.29 Å². The Morgan fingerprint density at radius 3 is 2.36 bits per heavy atom. The molecule has 1 rings (SSSR count). The van der Waals surface area contributed by atoms with E-state index in [0.29, 0.717) is 24.8 Å². The predicted octanol–water partition coefficient (Wildman–Crippen LogP) is 2.96. The lowest BCUT2D eigenvalue weighted by molar-refractivity contribution is -0.384. The van der Waals surface area contributed by atoms with Gasteiger partial charge in [-0.2, -0.15) is 5.10 Å². The Morgan fingerprint density at radius 1 is 1.32 bits per heavy atom. The Labute approximate surface area is 128 Å². The van der Waals surface area contributed by atoms with Crippen LogP contribution in [0.2, 0.25) is 0 Å². The van der Waals surface area contributed by atoms with Crippen LogP contribution in [-0.2, 0) is 9.59 Å². The van der Waals surface area contributed by atoms with E-state index in [0.717, 1.165) is 0 Å². The lowest BCUT2D eigenvalue weighted by atomic mass is 9.82. The van der Waals surface area contributed by atoms with E-state index in [4.69, 9.17) is 0 Å². The van der Waals surface area contributed by atoms with E-state index in [1.165, 1.54) is 31.2 Å². The van der Waals surface area contributed by atoms with Crippen LogP contribution < -0.4 is 5.43 Å². The molecular formula is C15H19N3O4. The molecule has 0 amide bonds. The highest BCUT2D eigenvalue weighted by molar-refractivity contribution is 6.28. The van der Waals surface area contributed by atoms with E-state index in [1.54, 1.807) is 0 Å². The number of nitro benzene ring substituents is 1. The Hall–Kier alpha value is -2.57. The van der Waals surface area contributed by atoms with Crippen molar-refractivity contribution >= 4 is 29.2 Å². The lowest BCUT2D eigenvalue weighted by Crippen LogP contribution is -2.21. The van der Waals surface area contributed by atoms with Crippen molar-refractivity contribution in [2.45, 2.75) is 33.6 Å². The number of anilines is 1. The van der Waals surface area contributed by atoms with E-state index in [2.05, 4.69) is 10.5 Å². The van der Waals surface area contributed by atoms with Crippen molar-refractivity contribution in [2.75, 3.05) is 5.43 Å². The van der Waals surface area contributed by atoms with Gasteiger partial charge in [0.2, 0.25) is 0 Å². The molecule has 0 aromatic heterocycles. The Morgan fingerprint density at radius 2 is 1.91 bits per heavy atom. The second-order valence-corrected chi connectivity index (χ2v) is 5.86. The minimum Gasteiger partial charge on any atom is -0.300 e. The van der Waals surface area contributed by atoms with E-state index in [-0.39, 0.29) is 22.6 Å². The maximum Gasteiger partial charge on any atom is 0.269 e. The lowest BCUT2D eigenvalue weighted by Gasteiger charge is -2.22. The first-order chi connectivity index (χ1) is 10.2. The zero-order valence-corrected chi connectivity index (χ0v) is 12.8. The Kier molecular flexibility index (Phi) is 5.91. The average Bonchev–Trinajstić information content (AvgIpc) is 2.42. The molecule has 22 heavy (non-hydrogen) atoms. The summed E-state index contributed by atoms with van der Waals surface area (Å²) in [5, 5.41) is 14.6. The molecule has 0 atom stereocenters. The largest absolute Gasteiger partial charge is 0.300 e. The number of rotatable bonds is 8. The number of carbonyl (C=O) groups is 2. The summed E-state index contributed by atoms with van der Waals surface area (Å²) in [6.45, 7) is 5.28. The van der Waals surface area contributed by atoms with Gasteiger partial charge >= 0.3 is 0 Å². The molecule has 7 nitrogen and oxygen atoms in total. The molecule has 0 unspecified atom stereocenters. The summed E-state index contributed by atoms with van der Waals surface area (Å²) < 4.78 is 0. The standard InChI is InChI=1S/C15H19N3O4/c1-11(20)8-15(2,3)9-13(10-19)17-16-12-4-6-14(7-5-12)18(21)22/h4-7,10,16H,8-9H2,1-3H3/b17-13-. The third kappa shape index (κ3) is 5.82. The van der Waals surface area contributed by atoms with Gasteiger partial charge in [0.05, 0.1) is 10.6 Å². The number of carbonyl (C=O) groups excluding carboxylic acids is 2. The molecule has 0 aliphatic heterocycles. The predicted molar refractivity (Wildman–Crippen MR) is 83.9 cm³/mol. The number of hydrazone groups is 1. The van der Waals surface area contributed by atoms with Crippen LogP contribution in [0.1, 0.15) is 33.6 Å². The van der Waals surface area contributed by atoms with Crippen molar-refractivity contribution in [1.82, 2.24) is 0 Å². The third-order valence-electron chi connectivity index (χ3n) is 2.93. The van der Waals surface area contributed by atoms with Crippen LogP contribution in [0, 0.1) is 15.5 Å². The van der Waals surface area contributed by atoms with E-state index >= 15 is 0 Å². The maximum atomic E-state index is 11.2. The second kappa shape index (κ2) is 7.44. The molecule has 118 valence electrons. The molecule has 0 fully saturated rings. The Bertz CT molecular complexity index is 591. The molecule has 7 heteroatoms. The number of nitrogens with one attached hydrogen (secondary N) is 1. The molecule has 0 saturated carbocycles. The number of nitro groups is 1. The van der Waals surface area contributed by atoms with Gasteiger partial charge in [-0.05, 0) is 24.5 Å². The van der Waals surface area contributed by atoms with Crippen molar-refractivity contribution < 1.29 is 14.5 Å². The summed E-state index contributed by atoms with van der Waals surface area (Å²) in [4.78, 5) is 32.3. The van der Waals surface area contributed by atoms with Crippen molar-refractivity contribution in [1.29, 1.82) is 0 Å². The molecule has 0 saturated heterocycles. The molecule has 0 aliphatic rings. The highest BCUT2D eigenvalue weighted by Crippen LogP contribution is 2.25. The topological polar surface area (TPSA) is 102 Å². The first-order valence-electron chi connectivity index (χ1n) is 6.75. The van der Waals surface area contributed by atoms with E-state index < -0.39 is 4.92 Å². The zero-order chi connectivity index (χ0) is 16.8.